The number of hydrogen-bond donors (Lipinski definition) is 1. The molecule has 2 rings (SSSR count). The van der Waals surface area contributed by atoms with E-state index in [1.807, 2.05) is 0 Å². The van der Waals surface area contributed by atoms with E-state index in [2.05, 4.69) is 31.2 Å². The molecule has 2 heterocycles. The Kier molecular flexibility index (Phi) is 2.81. The van der Waals surface area contributed by atoms with Gasteiger partial charge in [0.25, 0.3) is 0 Å². The molecule has 15 heavy (non-hydrogen) atoms. The Bertz CT molecular complexity index is 545. The molecule has 0 aliphatic rings. The standard InChI is InChI=1S/C7H3BrCl2N4O/c8-6-3(9)2-14(13-6)7-4(15)1-5(10)11-12-7/h1-2H,(H,11,15). The summed E-state index contributed by atoms with van der Waals surface area (Å²) in [6.45, 7) is 0. The van der Waals surface area contributed by atoms with E-state index in [0.717, 1.165) is 0 Å². The van der Waals surface area contributed by atoms with Crippen LogP contribution < -0.4 is 5.43 Å². The summed E-state index contributed by atoms with van der Waals surface area (Å²) in [6, 6.07) is 1.22. The molecule has 0 saturated heterocycles. The summed E-state index contributed by atoms with van der Waals surface area (Å²) in [6.07, 6.45) is 1.47. The molecule has 0 bridgehead atoms. The number of halogens is 3. The minimum atomic E-state index is -0.342. The first-order valence-corrected chi connectivity index (χ1v) is 5.29. The molecule has 0 fully saturated rings. The molecule has 2 aromatic rings. The van der Waals surface area contributed by atoms with Gasteiger partial charge in [0.05, 0.1) is 11.2 Å². The van der Waals surface area contributed by atoms with Crippen molar-refractivity contribution in [2.75, 3.05) is 0 Å². The van der Waals surface area contributed by atoms with Crippen molar-refractivity contribution in [1.29, 1.82) is 0 Å². The van der Waals surface area contributed by atoms with Gasteiger partial charge in [-0.2, -0.15) is 10.2 Å². The van der Waals surface area contributed by atoms with Gasteiger partial charge in [0.15, 0.2) is 0 Å². The number of hydrogen-bond acceptors (Lipinski definition) is 3. The maximum Gasteiger partial charge on any atom is 0.227 e. The Hall–Kier alpha value is -0.850. The first-order chi connectivity index (χ1) is 7.08. The fraction of sp³-hybridized carbons (Fsp3) is 0. The minimum absolute atomic E-state index is 0.104. The number of aromatic amines is 1. The van der Waals surface area contributed by atoms with Gasteiger partial charge < -0.3 is 0 Å². The fourth-order valence-electron chi connectivity index (χ4n) is 0.978. The largest absolute Gasteiger partial charge is 0.286 e. The molecule has 2 aromatic heterocycles. The molecule has 0 aromatic carbocycles. The van der Waals surface area contributed by atoms with Crippen molar-refractivity contribution in [3.05, 3.63) is 37.3 Å². The Balaban J connectivity index is 2.59. The highest BCUT2D eigenvalue weighted by atomic mass is 79.9. The van der Waals surface area contributed by atoms with Gasteiger partial charge in [-0.25, -0.2) is 4.68 Å². The van der Waals surface area contributed by atoms with Crippen molar-refractivity contribution >= 4 is 39.1 Å². The van der Waals surface area contributed by atoms with Crippen molar-refractivity contribution in [3.8, 4) is 5.82 Å². The van der Waals surface area contributed by atoms with Crippen molar-refractivity contribution in [2.45, 2.75) is 0 Å². The lowest BCUT2D eigenvalue weighted by Gasteiger charge is -1.97. The van der Waals surface area contributed by atoms with Gasteiger partial charge >= 0.3 is 0 Å². The predicted molar refractivity (Wildman–Crippen MR) is 59.7 cm³/mol. The van der Waals surface area contributed by atoms with Crippen LogP contribution >= 0.6 is 39.1 Å². The number of nitrogens with zero attached hydrogens (tertiary/aromatic N) is 3. The van der Waals surface area contributed by atoms with Crippen LogP contribution in [-0.2, 0) is 0 Å². The van der Waals surface area contributed by atoms with Gasteiger partial charge in [0, 0.05) is 6.07 Å². The molecule has 0 aliphatic carbocycles. The topological polar surface area (TPSA) is 63.6 Å². The molecule has 0 atom stereocenters. The van der Waals surface area contributed by atoms with Crippen LogP contribution in [0.5, 0.6) is 0 Å². The first kappa shape index (κ1) is 10.7. The van der Waals surface area contributed by atoms with Crippen molar-refractivity contribution in [1.82, 2.24) is 20.0 Å². The van der Waals surface area contributed by atoms with Gasteiger partial charge in [-0.15, -0.1) is 0 Å². The summed E-state index contributed by atoms with van der Waals surface area (Å²) in [7, 11) is 0. The van der Waals surface area contributed by atoms with Crippen LogP contribution in [0.1, 0.15) is 0 Å². The molecule has 0 aliphatic heterocycles. The van der Waals surface area contributed by atoms with Crippen LogP contribution in [0, 0.1) is 0 Å². The average molecular weight is 310 g/mol. The van der Waals surface area contributed by atoms with E-state index in [9.17, 15) is 4.79 Å². The second kappa shape index (κ2) is 3.96. The van der Waals surface area contributed by atoms with Crippen molar-refractivity contribution in [3.63, 3.8) is 0 Å². The van der Waals surface area contributed by atoms with Crippen LogP contribution in [0.15, 0.2) is 21.7 Å². The Labute approximate surface area is 102 Å². The molecule has 78 valence electrons. The SMILES string of the molecule is O=c1cc(Cl)[nH]nc1-n1cc(Cl)c(Br)n1. The zero-order valence-corrected chi connectivity index (χ0v) is 10.1. The monoisotopic (exact) mass is 308 g/mol. The van der Waals surface area contributed by atoms with Crippen LogP contribution in [0.4, 0.5) is 0 Å². The second-order valence-corrected chi connectivity index (χ2v) is 4.18. The molecule has 0 unspecified atom stereocenters. The molecule has 5 nitrogen and oxygen atoms in total. The van der Waals surface area contributed by atoms with Crippen molar-refractivity contribution in [2.24, 2.45) is 0 Å². The Morgan fingerprint density at radius 3 is 2.73 bits per heavy atom. The summed E-state index contributed by atoms with van der Waals surface area (Å²) in [5.41, 5.74) is -0.342. The second-order valence-electron chi connectivity index (χ2n) is 2.62. The Morgan fingerprint density at radius 1 is 1.47 bits per heavy atom. The van der Waals surface area contributed by atoms with Crippen molar-refractivity contribution < 1.29 is 0 Å². The molecular formula is C7H3BrCl2N4O. The highest BCUT2D eigenvalue weighted by molar-refractivity contribution is 9.10. The third kappa shape index (κ3) is 2.06. The summed E-state index contributed by atoms with van der Waals surface area (Å²) in [5.74, 6) is 0.104. The lowest BCUT2D eigenvalue weighted by molar-refractivity contribution is 0.799. The van der Waals surface area contributed by atoms with Crippen LogP contribution in [0.3, 0.4) is 0 Å². The molecule has 0 spiro atoms. The maximum absolute atomic E-state index is 11.5. The highest BCUT2D eigenvalue weighted by Gasteiger charge is 2.09. The van der Waals surface area contributed by atoms with Crippen LogP contribution in [-0.4, -0.2) is 20.0 Å². The zero-order chi connectivity index (χ0) is 11.0. The molecule has 0 amide bonds. The van der Waals surface area contributed by atoms with Gasteiger partial charge in [0.2, 0.25) is 11.2 Å². The maximum atomic E-state index is 11.5. The van der Waals surface area contributed by atoms with Crippen LogP contribution in [0.2, 0.25) is 10.2 Å². The summed E-state index contributed by atoms with van der Waals surface area (Å²) >= 11 is 14.4. The van der Waals surface area contributed by atoms with Gasteiger partial charge in [-0.3, -0.25) is 9.89 Å². The third-order valence-electron chi connectivity index (χ3n) is 1.59. The first-order valence-electron chi connectivity index (χ1n) is 3.74. The summed E-state index contributed by atoms with van der Waals surface area (Å²) in [4.78, 5) is 11.5. The number of nitrogens with one attached hydrogen (secondary N) is 1. The molecule has 8 heteroatoms. The molecule has 1 N–H and O–H groups in total. The van der Waals surface area contributed by atoms with Crippen LogP contribution in [0.25, 0.3) is 5.82 Å². The van der Waals surface area contributed by atoms with E-state index in [1.165, 1.54) is 16.9 Å². The number of H-pyrrole nitrogens is 1. The lowest BCUT2D eigenvalue weighted by Crippen LogP contribution is -2.14. The minimum Gasteiger partial charge on any atom is -0.286 e. The molecule has 0 saturated carbocycles. The average Bonchev–Trinajstić information content (AvgIpc) is 2.46. The van der Waals surface area contributed by atoms with Gasteiger partial charge in [-0.1, -0.05) is 23.2 Å². The molecular weight excluding hydrogens is 307 g/mol. The van der Waals surface area contributed by atoms with E-state index < -0.39 is 0 Å². The molecule has 0 radical (unpaired) electrons. The Morgan fingerprint density at radius 2 is 2.20 bits per heavy atom. The quantitative estimate of drug-likeness (QED) is 0.876. The van der Waals surface area contributed by atoms with E-state index in [4.69, 9.17) is 23.2 Å². The highest BCUT2D eigenvalue weighted by Crippen LogP contribution is 2.20. The third-order valence-corrected chi connectivity index (χ3v) is 2.88. The fourth-order valence-corrected chi connectivity index (χ4v) is 1.52. The van der Waals surface area contributed by atoms with E-state index in [1.54, 1.807) is 0 Å². The number of rotatable bonds is 1. The normalized spacial score (nSPS) is 10.6. The zero-order valence-electron chi connectivity index (χ0n) is 7.04. The summed E-state index contributed by atoms with van der Waals surface area (Å²) in [5, 5.41) is 10.7. The smallest absolute Gasteiger partial charge is 0.227 e. The summed E-state index contributed by atoms with van der Waals surface area (Å²) < 4.78 is 1.71. The number of aromatic nitrogens is 4. The van der Waals surface area contributed by atoms with E-state index >= 15 is 0 Å². The lowest BCUT2D eigenvalue weighted by atomic mass is 10.5. The predicted octanol–water partition coefficient (Wildman–Crippen LogP) is 2.02. The van der Waals surface area contributed by atoms with Gasteiger partial charge in [-0.05, 0) is 15.9 Å². The van der Waals surface area contributed by atoms with Gasteiger partial charge in [0.1, 0.15) is 9.76 Å². The van der Waals surface area contributed by atoms with E-state index in [-0.39, 0.29) is 16.4 Å². The van der Waals surface area contributed by atoms with E-state index in [0.29, 0.717) is 9.63 Å².